The number of hydrogen-bond acceptors (Lipinski definition) is 3. The van der Waals surface area contributed by atoms with E-state index in [1.54, 1.807) is 11.8 Å². The van der Waals surface area contributed by atoms with E-state index < -0.39 is 0 Å². The van der Waals surface area contributed by atoms with Gasteiger partial charge in [0.2, 0.25) is 0 Å². The van der Waals surface area contributed by atoms with E-state index in [2.05, 4.69) is 40.7 Å². The summed E-state index contributed by atoms with van der Waals surface area (Å²) in [6, 6.07) is 8.56. The molecule has 0 aliphatic heterocycles. The fourth-order valence-corrected chi connectivity index (χ4v) is 2.35. The summed E-state index contributed by atoms with van der Waals surface area (Å²) in [4.78, 5) is 1.27. The molecule has 90 valence electrons. The Bertz CT molecular complexity index is 488. The lowest BCUT2D eigenvalue weighted by atomic mass is 10.0. The highest BCUT2D eigenvalue weighted by molar-refractivity contribution is 7.98. The highest BCUT2D eigenvalue weighted by Crippen LogP contribution is 2.27. The van der Waals surface area contributed by atoms with Gasteiger partial charge in [-0.25, -0.2) is 0 Å². The molecule has 1 aromatic heterocycles. The minimum atomic E-state index is 0.625. The van der Waals surface area contributed by atoms with E-state index in [9.17, 15) is 0 Å². The molecule has 3 N–H and O–H groups in total. The number of benzene rings is 1. The third-order valence-electron chi connectivity index (χ3n) is 2.78. The van der Waals surface area contributed by atoms with Crippen molar-refractivity contribution in [3.63, 3.8) is 0 Å². The van der Waals surface area contributed by atoms with Crippen molar-refractivity contribution in [3.05, 3.63) is 35.7 Å². The second-order valence-corrected chi connectivity index (χ2v) is 4.82. The number of aromatic amines is 1. The minimum absolute atomic E-state index is 0.625. The number of thioether (sulfide) groups is 1. The summed E-state index contributed by atoms with van der Waals surface area (Å²) in [5, 5.41) is 7.35. The molecule has 4 heteroatoms. The standard InChI is InChI=1S/C13H17N3S/c1-9-13(12(7-8-14)16-15-9)10-3-5-11(17-2)6-4-10/h3-6H,7-8,14H2,1-2H3,(H,15,16). The maximum absolute atomic E-state index is 5.61. The Balaban J connectivity index is 2.40. The molecule has 0 bridgehead atoms. The zero-order valence-corrected chi connectivity index (χ0v) is 11.0. The van der Waals surface area contributed by atoms with Crippen LogP contribution in [0.25, 0.3) is 11.1 Å². The van der Waals surface area contributed by atoms with Gasteiger partial charge in [0.1, 0.15) is 0 Å². The Kier molecular flexibility index (Phi) is 3.86. The number of aromatic nitrogens is 2. The fraction of sp³-hybridized carbons (Fsp3) is 0.308. The number of nitrogens with one attached hydrogen (secondary N) is 1. The first-order chi connectivity index (χ1) is 8.26. The lowest BCUT2D eigenvalue weighted by molar-refractivity contribution is 0.899. The first-order valence-electron chi connectivity index (χ1n) is 5.64. The highest BCUT2D eigenvalue weighted by Gasteiger charge is 2.11. The van der Waals surface area contributed by atoms with E-state index in [4.69, 9.17) is 5.73 Å². The van der Waals surface area contributed by atoms with Crippen LogP contribution in [0.2, 0.25) is 0 Å². The van der Waals surface area contributed by atoms with E-state index in [1.807, 2.05) is 6.92 Å². The Hall–Kier alpha value is -1.26. The molecule has 0 fully saturated rings. The van der Waals surface area contributed by atoms with Crippen LogP contribution in [0.1, 0.15) is 11.4 Å². The summed E-state index contributed by atoms with van der Waals surface area (Å²) < 4.78 is 0. The van der Waals surface area contributed by atoms with Gasteiger partial charge in [0.05, 0.1) is 5.69 Å². The molecular formula is C13H17N3S. The molecular weight excluding hydrogens is 230 g/mol. The Morgan fingerprint density at radius 2 is 2.00 bits per heavy atom. The van der Waals surface area contributed by atoms with Gasteiger partial charge < -0.3 is 5.73 Å². The van der Waals surface area contributed by atoms with Gasteiger partial charge >= 0.3 is 0 Å². The van der Waals surface area contributed by atoms with Crippen molar-refractivity contribution in [2.75, 3.05) is 12.8 Å². The van der Waals surface area contributed by atoms with Crippen molar-refractivity contribution in [3.8, 4) is 11.1 Å². The van der Waals surface area contributed by atoms with E-state index >= 15 is 0 Å². The molecule has 3 nitrogen and oxygen atoms in total. The van der Waals surface area contributed by atoms with Crippen molar-refractivity contribution in [2.45, 2.75) is 18.2 Å². The summed E-state index contributed by atoms with van der Waals surface area (Å²) in [6.07, 6.45) is 2.89. The van der Waals surface area contributed by atoms with Crippen molar-refractivity contribution >= 4 is 11.8 Å². The molecule has 2 rings (SSSR count). The van der Waals surface area contributed by atoms with Crippen LogP contribution < -0.4 is 5.73 Å². The number of nitrogens with zero attached hydrogens (tertiary/aromatic N) is 1. The molecule has 0 aliphatic rings. The van der Waals surface area contributed by atoms with E-state index in [-0.39, 0.29) is 0 Å². The smallest absolute Gasteiger partial charge is 0.0715 e. The number of aryl methyl sites for hydroxylation is 1. The van der Waals surface area contributed by atoms with Crippen LogP contribution in [0.3, 0.4) is 0 Å². The molecule has 0 saturated carbocycles. The predicted molar refractivity (Wildman–Crippen MR) is 73.3 cm³/mol. The number of hydrogen-bond donors (Lipinski definition) is 2. The van der Waals surface area contributed by atoms with Crippen LogP contribution in [0, 0.1) is 6.92 Å². The zero-order chi connectivity index (χ0) is 12.3. The van der Waals surface area contributed by atoms with Crippen molar-refractivity contribution in [1.82, 2.24) is 10.2 Å². The molecule has 0 aliphatic carbocycles. The third-order valence-corrected chi connectivity index (χ3v) is 3.53. The minimum Gasteiger partial charge on any atom is -0.330 e. The van der Waals surface area contributed by atoms with Gasteiger partial charge in [-0.3, -0.25) is 5.10 Å². The second kappa shape index (κ2) is 5.38. The largest absolute Gasteiger partial charge is 0.330 e. The third kappa shape index (κ3) is 2.53. The van der Waals surface area contributed by atoms with Crippen molar-refractivity contribution in [1.29, 1.82) is 0 Å². The van der Waals surface area contributed by atoms with Gasteiger partial charge in [0, 0.05) is 22.6 Å². The van der Waals surface area contributed by atoms with Crippen LogP contribution >= 0.6 is 11.8 Å². The lowest BCUT2D eigenvalue weighted by Gasteiger charge is -2.04. The van der Waals surface area contributed by atoms with Crippen molar-refractivity contribution < 1.29 is 0 Å². The molecule has 0 unspecified atom stereocenters. The number of rotatable bonds is 4. The first kappa shape index (κ1) is 12.2. The van der Waals surface area contributed by atoms with Gasteiger partial charge in [-0.2, -0.15) is 5.10 Å². The van der Waals surface area contributed by atoms with E-state index in [0.29, 0.717) is 6.54 Å². The average molecular weight is 247 g/mol. The molecule has 17 heavy (non-hydrogen) atoms. The maximum Gasteiger partial charge on any atom is 0.0715 e. The number of H-pyrrole nitrogens is 1. The number of nitrogens with two attached hydrogens (primary N) is 1. The van der Waals surface area contributed by atoms with E-state index in [1.165, 1.54) is 16.0 Å². The zero-order valence-electron chi connectivity index (χ0n) is 10.2. The molecule has 0 saturated heterocycles. The molecule has 0 radical (unpaired) electrons. The SMILES string of the molecule is CSc1ccc(-c2c(CCN)n[nH]c2C)cc1. The molecule has 2 aromatic rings. The van der Waals surface area contributed by atoms with Gasteiger partial charge in [-0.1, -0.05) is 12.1 Å². The van der Waals surface area contributed by atoms with Crippen molar-refractivity contribution in [2.24, 2.45) is 5.73 Å². The molecule has 1 aromatic carbocycles. The topological polar surface area (TPSA) is 54.7 Å². The van der Waals surface area contributed by atoms with Gasteiger partial charge in [-0.15, -0.1) is 11.8 Å². The van der Waals surface area contributed by atoms with Gasteiger partial charge in [-0.05, 0) is 37.4 Å². The summed E-state index contributed by atoms with van der Waals surface area (Å²) in [7, 11) is 0. The Morgan fingerprint density at radius 3 is 2.59 bits per heavy atom. The first-order valence-corrected chi connectivity index (χ1v) is 6.87. The van der Waals surface area contributed by atoms with Crippen LogP contribution in [-0.4, -0.2) is 23.0 Å². The predicted octanol–water partition coefficient (Wildman–Crippen LogP) is 2.61. The summed E-state index contributed by atoms with van der Waals surface area (Å²) in [6.45, 7) is 2.67. The quantitative estimate of drug-likeness (QED) is 0.817. The van der Waals surface area contributed by atoms with E-state index in [0.717, 1.165) is 17.8 Å². The van der Waals surface area contributed by atoms with Crippen LogP contribution in [0.5, 0.6) is 0 Å². The molecule has 1 heterocycles. The Morgan fingerprint density at radius 1 is 1.29 bits per heavy atom. The Labute approximate surface area is 106 Å². The average Bonchev–Trinajstić information content (AvgIpc) is 2.71. The van der Waals surface area contributed by atoms with Gasteiger partial charge in [0.15, 0.2) is 0 Å². The monoisotopic (exact) mass is 247 g/mol. The summed E-state index contributed by atoms with van der Waals surface area (Å²) in [5.41, 5.74) is 10.2. The fourth-order valence-electron chi connectivity index (χ4n) is 1.94. The second-order valence-electron chi connectivity index (χ2n) is 3.94. The van der Waals surface area contributed by atoms with Crippen LogP contribution in [0.15, 0.2) is 29.2 Å². The normalized spacial score (nSPS) is 10.8. The summed E-state index contributed by atoms with van der Waals surface area (Å²) in [5.74, 6) is 0. The molecule has 0 spiro atoms. The molecule has 0 amide bonds. The molecule has 0 atom stereocenters. The maximum atomic E-state index is 5.61. The van der Waals surface area contributed by atoms with Crippen LogP contribution in [0.4, 0.5) is 0 Å². The summed E-state index contributed by atoms with van der Waals surface area (Å²) >= 11 is 1.75. The van der Waals surface area contributed by atoms with Gasteiger partial charge in [0.25, 0.3) is 0 Å². The lowest BCUT2D eigenvalue weighted by Crippen LogP contribution is -2.04. The highest BCUT2D eigenvalue weighted by atomic mass is 32.2. The van der Waals surface area contributed by atoms with Crippen LogP contribution in [-0.2, 0) is 6.42 Å².